The second-order valence-corrected chi connectivity index (χ2v) is 4.51. The molecule has 0 atom stereocenters. The molecule has 0 aromatic heterocycles. The van der Waals surface area contributed by atoms with Gasteiger partial charge in [0.05, 0.1) is 14.9 Å². The molecule has 0 aliphatic rings. The summed E-state index contributed by atoms with van der Waals surface area (Å²) in [6.07, 6.45) is -1.07. The molecule has 0 fully saturated rings. The van der Waals surface area contributed by atoms with Crippen molar-refractivity contribution < 1.29 is 26.2 Å². The zero-order chi connectivity index (χ0) is 19.7. The third-order valence-corrected chi connectivity index (χ3v) is 2.75. The molecule has 0 saturated heterocycles. The van der Waals surface area contributed by atoms with Gasteiger partial charge in [-0.25, -0.2) is 0 Å². The van der Waals surface area contributed by atoms with Gasteiger partial charge in [0.25, 0.3) is 0 Å². The SMILES string of the molecule is [2H]C(=O)c1cc(C)ccc1OC([2H])([2H])OC([2H])([2H])c1cc(C)ccc1O. The Hall–Kier alpha value is -2.33. The lowest BCUT2D eigenvalue weighted by atomic mass is 10.1. The Labute approximate surface area is 131 Å². The average molecular weight is 291 g/mol. The maximum absolute atomic E-state index is 11.4. The van der Waals surface area contributed by atoms with Crippen LogP contribution < -0.4 is 4.74 Å². The third kappa shape index (κ3) is 4.07. The summed E-state index contributed by atoms with van der Waals surface area (Å²) in [5.41, 5.74) is 0.893. The fraction of sp³-hybridized carbons (Fsp3) is 0.235. The molecule has 0 radical (unpaired) electrons. The molecule has 0 aliphatic heterocycles. The van der Waals surface area contributed by atoms with Crippen LogP contribution in [-0.4, -0.2) is 18.1 Å². The van der Waals surface area contributed by atoms with E-state index in [-0.39, 0.29) is 16.9 Å². The molecule has 110 valence electrons. The van der Waals surface area contributed by atoms with Gasteiger partial charge in [-0.3, -0.25) is 4.79 Å². The topological polar surface area (TPSA) is 55.8 Å². The Balaban J connectivity index is 2.31. The number of phenols is 1. The molecule has 2 rings (SSSR count). The van der Waals surface area contributed by atoms with Crippen molar-refractivity contribution in [1.29, 1.82) is 0 Å². The Morgan fingerprint density at radius 2 is 1.95 bits per heavy atom. The van der Waals surface area contributed by atoms with E-state index in [1.54, 1.807) is 26.0 Å². The van der Waals surface area contributed by atoms with Crippen LogP contribution in [0.15, 0.2) is 36.4 Å². The van der Waals surface area contributed by atoms with Crippen LogP contribution in [0.3, 0.4) is 0 Å². The van der Waals surface area contributed by atoms with Crippen LogP contribution in [-0.2, 0) is 11.3 Å². The van der Waals surface area contributed by atoms with Crippen molar-refractivity contribution in [1.82, 2.24) is 0 Å². The lowest BCUT2D eigenvalue weighted by Crippen LogP contribution is -2.05. The minimum absolute atomic E-state index is 0.170. The molecule has 2 aromatic rings. The van der Waals surface area contributed by atoms with Crippen molar-refractivity contribution in [2.24, 2.45) is 0 Å². The Morgan fingerprint density at radius 3 is 2.71 bits per heavy atom. The molecule has 0 heterocycles. The van der Waals surface area contributed by atoms with E-state index in [1.807, 2.05) is 0 Å². The van der Waals surface area contributed by atoms with E-state index in [2.05, 4.69) is 0 Å². The van der Waals surface area contributed by atoms with Gasteiger partial charge >= 0.3 is 0 Å². The van der Waals surface area contributed by atoms with Gasteiger partial charge in [-0.05, 0) is 32.0 Å². The monoisotopic (exact) mass is 291 g/mol. The summed E-state index contributed by atoms with van der Waals surface area (Å²) >= 11 is 0. The lowest BCUT2D eigenvalue weighted by Gasteiger charge is -2.10. The van der Waals surface area contributed by atoms with Crippen LogP contribution in [0.2, 0.25) is 0 Å². The Bertz CT molecular complexity index is 836. The molecule has 21 heavy (non-hydrogen) atoms. The Kier molecular flexibility index (Phi) is 3.15. The fourth-order valence-corrected chi connectivity index (χ4v) is 1.69. The van der Waals surface area contributed by atoms with Gasteiger partial charge in [-0.15, -0.1) is 0 Å². The van der Waals surface area contributed by atoms with Gasteiger partial charge in [-0.1, -0.05) is 29.3 Å². The highest BCUT2D eigenvalue weighted by Gasteiger charge is 2.04. The second kappa shape index (κ2) is 6.90. The molecule has 1 N–H and O–H groups in total. The number of rotatable bonds is 6. The number of phenolic OH excluding ortho intramolecular Hbond substituents is 1. The zero-order valence-electron chi connectivity index (χ0n) is 16.6. The molecule has 0 bridgehead atoms. The minimum Gasteiger partial charge on any atom is -0.508 e. The number of carbonyl (C=O) groups is 1. The summed E-state index contributed by atoms with van der Waals surface area (Å²) in [5.74, 6) is -0.640. The van der Waals surface area contributed by atoms with Gasteiger partial charge in [-0.2, -0.15) is 0 Å². The number of aromatic hydroxyl groups is 1. The standard InChI is InChI=1S/C17H18O4/c1-12-3-5-16(19)15(8-12)10-20-11-21-17-6-4-13(2)7-14(17)9-18/h3-9,19H,10-11H2,1-2H3/i9D,10D2,11D2. The van der Waals surface area contributed by atoms with E-state index in [0.717, 1.165) is 0 Å². The molecule has 4 nitrogen and oxygen atoms in total. The van der Waals surface area contributed by atoms with E-state index < -0.39 is 25.3 Å². The zero-order valence-corrected chi connectivity index (χ0v) is 11.6. The maximum atomic E-state index is 11.4. The number of aryl methyl sites for hydroxylation is 2. The van der Waals surface area contributed by atoms with Crippen LogP contribution in [0.25, 0.3) is 0 Å². The van der Waals surface area contributed by atoms with Crippen molar-refractivity contribution in [2.75, 3.05) is 6.75 Å². The highest BCUT2D eigenvalue weighted by molar-refractivity contribution is 5.79. The number of benzene rings is 2. The molecule has 4 heteroatoms. The van der Waals surface area contributed by atoms with Gasteiger partial charge in [0.2, 0.25) is 0 Å². The molecular weight excluding hydrogens is 268 g/mol. The first-order valence-electron chi connectivity index (χ1n) is 8.72. The summed E-state index contributed by atoms with van der Waals surface area (Å²) in [5, 5.41) is 9.85. The first kappa shape index (κ1) is 9.58. The van der Waals surface area contributed by atoms with Gasteiger partial charge in [0.15, 0.2) is 13.0 Å². The van der Waals surface area contributed by atoms with Gasteiger partial charge in [0.1, 0.15) is 15.6 Å². The largest absolute Gasteiger partial charge is 0.508 e. The molecule has 2 aromatic carbocycles. The van der Waals surface area contributed by atoms with Crippen molar-refractivity contribution in [3.8, 4) is 11.5 Å². The summed E-state index contributed by atoms with van der Waals surface area (Å²) in [7, 11) is 0. The first-order valence-corrected chi connectivity index (χ1v) is 6.22. The van der Waals surface area contributed by atoms with E-state index in [4.69, 9.17) is 16.3 Å². The molecule has 0 amide bonds. The van der Waals surface area contributed by atoms with Crippen molar-refractivity contribution >= 4 is 6.26 Å². The summed E-state index contributed by atoms with van der Waals surface area (Å²) in [4.78, 5) is 11.4. The fourth-order valence-electron chi connectivity index (χ4n) is 1.69. The predicted molar refractivity (Wildman–Crippen MR) is 79.7 cm³/mol. The number of hydrogen-bond acceptors (Lipinski definition) is 4. The quantitative estimate of drug-likeness (QED) is 0.655. The number of carbonyl (C=O) groups excluding carboxylic acids is 1. The molecular formula is C17H18O4. The second-order valence-electron chi connectivity index (χ2n) is 4.51. The van der Waals surface area contributed by atoms with Crippen molar-refractivity contribution in [3.05, 3.63) is 58.7 Å². The minimum atomic E-state index is -2.97. The van der Waals surface area contributed by atoms with Crippen molar-refractivity contribution in [2.45, 2.75) is 20.4 Å². The number of ether oxygens (including phenoxy) is 2. The normalized spacial score (nSPS) is 15.2. The van der Waals surface area contributed by atoms with Gasteiger partial charge in [0, 0.05) is 5.56 Å². The van der Waals surface area contributed by atoms with E-state index in [9.17, 15) is 9.90 Å². The molecule has 0 saturated carbocycles. The predicted octanol–water partition coefficient (Wildman–Crippen LogP) is 3.37. The average Bonchev–Trinajstić information content (AvgIpc) is 2.49. The van der Waals surface area contributed by atoms with Gasteiger partial charge < -0.3 is 14.6 Å². The van der Waals surface area contributed by atoms with E-state index in [0.29, 0.717) is 11.1 Å². The van der Waals surface area contributed by atoms with Crippen LogP contribution in [0, 0.1) is 13.8 Å². The third-order valence-electron chi connectivity index (χ3n) is 2.75. The smallest absolute Gasteiger partial charge is 0.189 e. The van der Waals surface area contributed by atoms with Crippen LogP contribution in [0.4, 0.5) is 0 Å². The summed E-state index contributed by atoms with van der Waals surface area (Å²) < 4.78 is 48.6. The van der Waals surface area contributed by atoms with E-state index in [1.165, 1.54) is 24.3 Å². The molecule has 0 spiro atoms. The highest BCUT2D eigenvalue weighted by atomic mass is 16.7. The molecule has 0 aliphatic carbocycles. The maximum Gasteiger partial charge on any atom is 0.189 e. The summed E-state index contributed by atoms with van der Waals surface area (Å²) in [6.45, 7) is -2.31. The lowest BCUT2D eigenvalue weighted by molar-refractivity contribution is 0.00410. The highest BCUT2D eigenvalue weighted by Crippen LogP contribution is 2.20. The van der Waals surface area contributed by atoms with E-state index >= 15 is 0 Å². The Morgan fingerprint density at radius 1 is 1.24 bits per heavy atom. The summed E-state index contributed by atoms with van der Waals surface area (Å²) in [6, 6.07) is 8.40. The number of aldehydes is 1. The molecule has 0 unspecified atom stereocenters. The van der Waals surface area contributed by atoms with Crippen molar-refractivity contribution in [3.63, 3.8) is 0 Å². The first-order chi connectivity index (χ1) is 11.9. The van der Waals surface area contributed by atoms with Crippen LogP contribution in [0.1, 0.15) is 33.9 Å². The number of hydrogen-bond donors (Lipinski definition) is 1. The van der Waals surface area contributed by atoms with Crippen LogP contribution >= 0.6 is 0 Å². The van der Waals surface area contributed by atoms with Crippen LogP contribution in [0.5, 0.6) is 11.5 Å².